The van der Waals surface area contributed by atoms with E-state index in [1.54, 1.807) is 106 Å². The molecule has 0 aliphatic carbocycles. The molecule has 9 N–H and O–H groups in total. The van der Waals surface area contributed by atoms with Gasteiger partial charge in [-0.2, -0.15) is 5.11 Å². The van der Waals surface area contributed by atoms with Crippen molar-refractivity contribution in [2.24, 2.45) is 16.8 Å². The summed E-state index contributed by atoms with van der Waals surface area (Å²) >= 11 is 8.56. The molecule has 2 aliphatic rings. The summed E-state index contributed by atoms with van der Waals surface area (Å²) in [6, 6.07) is 27.1. The van der Waals surface area contributed by atoms with E-state index in [0.29, 0.717) is 207 Å². The van der Waals surface area contributed by atoms with Crippen molar-refractivity contribution < 1.29 is 124 Å². The van der Waals surface area contributed by atoms with Crippen LogP contribution in [0.25, 0.3) is 43.2 Å². The third-order valence-electron chi connectivity index (χ3n) is 21.9. The van der Waals surface area contributed by atoms with Gasteiger partial charge in [0, 0.05) is 120 Å². The number of para-hydroxylation sites is 2. The third-order valence-corrected chi connectivity index (χ3v) is 23.5. The molecule has 5 heterocycles. The largest absolute Gasteiger partial charge is 0.496 e. The van der Waals surface area contributed by atoms with Gasteiger partial charge in [0.05, 0.1) is 148 Å². The molecule has 5 aromatic carbocycles. The Hall–Kier alpha value is -13.1. The smallest absolute Gasteiger partial charge is 0.410 e. The van der Waals surface area contributed by atoms with Crippen molar-refractivity contribution in [3.05, 3.63) is 185 Å². The number of piperazine rings is 1. The summed E-state index contributed by atoms with van der Waals surface area (Å²) in [6.45, 7) is 12.7. The van der Waals surface area contributed by atoms with Gasteiger partial charge in [0.25, 0.3) is 11.8 Å². The van der Waals surface area contributed by atoms with E-state index in [9.17, 15) is 52.6 Å². The van der Waals surface area contributed by atoms with Gasteiger partial charge in [0.15, 0.2) is 5.82 Å². The number of urea groups is 1. The van der Waals surface area contributed by atoms with Crippen LogP contribution in [-0.4, -0.2) is 316 Å². The highest BCUT2D eigenvalue weighted by Gasteiger charge is 2.33. The molecule has 10 rings (SSSR count). The first-order valence-corrected chi connectivity index (χ1v) is 47.1. The molecule has 0 spiro atoms. The number of nitrogens with two attached hydrogens (primary N) is 1. The first-order valence-electron chi connectivity index (χ1n) is 45.9. The fourth-order valence-corrected chi connectivity index (χ4v) is 15.7. The molecule has 2 aliphatic heterocycles. The Bertz CT molecular complexity index is 5470. The van der Waals surface area contributed by atoms with E-state index < -0.39 is 90.3 Å². The molecule has 760 valence electrons. The Labute approximate surface area is 824 Å². The molecular weight excluding hydrogens is 1880 g/mol. The summed E-state index contributed by atoms with van der Waals surface area (Å²) in [4.78, 5) is 144. The van der Waals surface area contributed by atoms with Crippen molar-refractivity contribution in [2.75, 3.05) is 204 Å². The number of nitrogens with one attached hydrogen (secondary N) is 6. The maximum Gasteiger partial charge on any atom is 0.410 e. The van der Waals surface area contributed by atoms with E-state index in [4.69, 9.17) is 98.9 Å². The molecule has 0 unspecified atom stereocenters. The number of hydrogen-bond donors (Lipinski definition) is 8. The number of rotatable bonds is 64. The van der Waals surface area contributed by atoms with E-state index in [-0.39, 0.29) is 120 Å². The molecule has 41 nitrogen and oxygen atoms in total. The van der Waals surface area contributed by atoms with Crippen LogP contribution in [0.1, 0.15) is 61.1 Å². The highest BCUT2D eigenvalue weighted by Crippen LogP contribution is 2.50. The quantitative estimate of drug-likeness (QED) is 0.00998. The number of carbonyl (C=O) groups is 9. The van der Waals surface area contributed by atoms with E-state index in [2.05, 4.69) is 51.6 Å². The minimum absolute atomic E-state index is 0.0237. The topological polar surface area (TPSA) is 499 Å². The fourth-order valence-electron chi connectivity index (χ4n) is 14.4. The van der Waals surface area contributed by atoms with Gasteiger partial charge in [-0.3, -0.25) is 33.8 Å². The summed E-state index contributed by atoms with van der Waals surface area (Å²) < 4.78 is 100. The van der Waals surface area contributed by atoms with Crippen LogP contribution in [0.5, 0.6) is 23.1 Å². The number of fused-ring (bicyclic) bond motifs is 1. The lowest BCUT2D eigenvalue weighted by molar-refractivity contribution is -0.145. The zero-order chi connectivity index (χ0) is 101. The van der Waals surface area contributed by atoms with E-state index in [1.807, 2.05) is 37.3 Å². The molecule has 0 saturated carbocycles. The second-order valence-corrected chi connectivity index (χ2v) is 33.6. The Kier molecular flexibility index (Phi) is 46.4. The molecule has 44 heteroatoms. The summed E-state index contributed by atoms with van der Waals surface area (Å²) in [5.74, 6) is -3.39. The predicted molar refractivity (Wildman–Crippen MR) is 516 cm³/mol. The number of primary amides is 1. The number of ether oxygens (including phenoxy) is 15. The van der Waals surface area contributed by atoms with Crippen LogP contribution in [-0.2, 0) is 107 Å². The lowest BCUT2D eigenvalue weighted by atomic mass is 9.96. The zero-order valence-corrected chi connectivity index (χ0v) is 81.2. The SMILES string of the molecule is COCCOCCOCCOCCOCCOCCOCCOCCN/C=C(/COC(=O)N(C)Cc1cc(NC(=O)[C@H](CCCNC(N)=O)NC(=O)[C@@H](NC(=O)CCOCCN2C(=O)C=CC2=O)C(C)C)ccc1COC(=O)N1CCN(CCOc2ccc(-c3c(-c4ccc(F)cc4)sc4ncnc(O[C@H](Cc5ccccc5OCc5ccnc(-c6ccccc6OC)n5)C(=O)O)c34)c(C)c2Cl)CC1)N=N. The number of anilines is 1. The lowest BCUT2D eigenvalue weighted by Gasteiger charge is -2.34. The number of aromatic nitrogens is 4. The number of benzene rings is 5. The molecular formula is C97H122ClFN16O25S. The number of carboxylic acid groups (broad SMARTS) is 1. The highest BCUT2D eigenvalue weighted by atomic mass is 35.5. The lowest BCUT2D eigenvalue weighted by Crippen LogP contribution is -2.54. The number of aliphatic carboxylic acids is 1. The van der Waals surface area contributed by atoms with Gasteiger partial charge in [-0.05, 0) is 114 Å². The molecule has 0 radical (unpaired) electrons. The van der Waals surface area contributed by atoms with Crippen molar-refractivity contribution in [2.45, 2.75) is 84.4 Å². The summed E-state index contributed by atoms with van der Waals surface area (Å²) in [5.41, 5.74) is 18.4. The zero-order valence-electron chi connectivity index (χ0n) is 79.6. The minimum Gasteiger partial charge on any atom is -0.496 e. The number of nitrogens with zero attached hydrogens (tertiary/aromatic N) is 9. The van der Waals surface area contributed by atoms with Crippen molar-refractivity contribution in [1.82, 2.24) is 60.8 Å². The van der Waals surface area contributed by atoms with Crippen molar-refractivity contribution >= 4 is 92.6 Å². The molecule has 0 bridgehead atoms. The van der Waals surface area contributed by atoms with E-state index >= 15 is 0 Å². The monoisotopic (exact) mass is 2000 g/mol. The Balaban J connectivity index is 0.739. The van der Waals surface area contributed by atoms with Crippen LogP contribution in [0.2, 0.25) is 5.02 Å². The Morgan fingerprint density at radius 2 is 1.33 bits per heavy atom. The summed E-state index contributed by atoms with van der Waals surface area (Å²) in [7, 11) is 4.63. The maximum atomic E-state index is 14.6. The van der Waals surface area contributed by atoms with E-state index in [1.165, 1.54) is 47.9 Å². The minimum atomic E-state index is -1.50. The number of amides is 9. The first kappa shape index (κ1) is 110. The van der Waals surface area contributed by atoms with Gasteiger partial charge in [0.1, 0.15) is 78.4 Å². The van der Waals surface area contributed by atoms with Crippen LogP contribution in [0, 0.1) is 24.2 Å². The van der Waals surface area contributed by atoms with Gasteiger partial charge in [-0.15, -0.1) is 11.3 Å². The second kappa shape index (κ2) is 59.5. The van der Waals surface area contributed by atoms with Crippen LogP contribution >= 0.6 is 22.9 Å². The van der Waals surface area contributed by atoms with Crippen LogP contribution in [0.4, 0.5) is 24.5 Å². The Morgan fingerprint density at radius 1 is 0.674 bits per heavy atom. The molecule has 8 aromatic rings. The molecule has 1 fully saturated rings. The van der Waals surface area contributed by atoms with Crippen molar-refractivity contribution in [1.29, 1.82) is 5.53 Å². The van der Waals surface area contributed by atoms with Gasteiger partial charge in [-0.25, -0.2) is 49.0 Å². The standard InChI is InChI=1S/C97H122ClFN16O25S/c1-64(2)87(110-81(116)28-38-128-40-37-115-82(117)25-26-83(115)118)91(120)109-76(14-11-29-104-95(100)123)90(119)108-71-22-19-68(69(56-71)59-112(4)96(124)139-62-73(111-101)58-102-31-39-129-44-45-131-48-49-133-52-53-135-55-54-134-51-50-132-47-46-130-43-42-126-5)60-138-97(125)114-34-32-113(33-35-114)36-41-136-79-24-23-74(65(3)86(79)98)84-85-92(105-63-106-93(85)141-88(84)66-17-20-70(99)21-18-66)140-80(94(121)122)57-67-12-7-9-15-77(67)137-61-72-27-30-103-89(107-72)75-13-8-10-16-78(75)127-6/h7-10,12-13,15-27,30,56,58,63-64,76,80,87,101-102H,11,14,28-29,31-55,57,59-62H2,1-6H3,(H,108,119)(H,109,120)(H,110,116)(H,121,122)(H3,100,104,123)/b73-58-,111-101?/t76-,80+,87-/m0/s1. The van der Waals surface area contributed by atoms with Crippen LogP contribution in [0.3, 0.4) is 0 Å². The van der Waals surface area contributed by atoms with Crippen molar-refractivity contribution in [3.8, 4) is 56.1 Å². The van der Waals surface area contributed by atoms with Crippen molar-refractivity contribution in [3.63, 3.8) is 0 Å². The maximum absolute atomic E-state index is 14.6. The number of methoxy groups -OCH3 is 2. The molecule has 9 amide bonds. The van der Waals surface area contributed by atoms with Crippen LogP contribution in [0.15, 0.2) is 151 Å². The predicted octanol–water partition coefficient (Wildman–Crippen LogP) is 9.72. The van der Waals surface area contributed by atoms with Gasteiger partial charge in [-0.1, -0.05) is 80.0 Å². The van der Waals surface area contributed by atoms with Gasteiger partial charge >= 0.3 is 24.2 Å². The average molecular weight is 2000 g/mol. The third kappa shape index (κ3) is 35.9. The van der Waals surface area contributed by atoms with Gasteiger partial charge in [0.2, 0.25) is 29.7 Å². The molecule has 3 atom stereocenters. The second-order valence-electron chi connectivity index (χ2n) is 32.2. The van der Waals surface area contributed by atoms with E-state index in [0.717, 1.165) is 17.1 Å². The average Bonchev–Trinajstić information content (AvgIpc) is 1.60. The highest BCUT2D eigenvalue weighted by molar-refractivity contribution is 7.22. The summed E-state index contributed by atoms with van der Waals surface area (Å²) in [6.07, 6.45) is 3.43. The Morgan fingerprint density at radius 3 is 1.98 bits per heavy atom. The molecule has 141 heavy (non-hydrogen) atoms. The molecule has 1 saturated heterocycles. The first-order chi connectivity index (χ1) is 68.4. The van der Waals surface area contributed by atoms with Crippen LogP contribution < -0.4 is 51.3 Å². The van der Waals surface area contributed by atoms with Gasteiger partial charge < -0.3 is 118 Å². The summed E-state index contributed by atoms with van der Waals surface area (Å²) in [5, 5.41) is 28.8. The number of thiophene rings is 1. The fraction of sp³-hybridized carbons (Fsp3) is 0.454. The number of carboxylic acids is 1. The number of imide groups is 1. The number of halogens is 2. The normalized spacial score (nSPS) is 13.4. The number of hydrogen-bond acceptors (Lipinski definition) is 33. The number of carbonyl (C=O) groups excluding carboxylic acids is 8. The molecule has 3 aromatic heterocycles.